The molecule has 0 spiro atoms. The molecule has 24 heavy (non-hydrogen) atoms. The number of hydrogen-bond acceptors (Lipinski definition) is 4. The molecule has 0 radical (unpaired) electrons. The molecule has 0 saturated carbocycles. The third-order valence-corrected chi connectivity index (χ3v) is 4.22. The van der Waals surface area contributed by atoms with E-state index in [9.17, 15) is 9.59 Å². The molecular weight excluding hydrogens is 330 g/mol. The Labute approximate surface area is 147 Å². The molecule has 2 amide bonds. The molecule has 1 aliphatic rings. The van der Waals surface area contributed by atoms with Gasteiger partial charge in [0.05, 0.1) is 6.54 Å². The summed E-state index contributed by atoms with van der Waals surface area (Å²) >= 11 is 5.85. The zero-order valence-electron chi connectivity index (χ0n) is 14.0. The highest BCUT2D eigenvalue weighted by Gasteiger charge is 2.23. The number of nitrogens with one attached hydrogen (secondary N) is 1. The molecule has 1 aliphatic heterocycles. The van der Waals surface area contributed by atoms with E-state index in [1.165, 1.54) is 0 Å². The van der Waals surface area contributed by atoms with E-state index < -0.39 is 0 Å². The fourth-order valence-corrected chi connectivity index (χ4v) is 2.71. The van der Waals surface area contributed by atoms with Gasteiger partial charge in [0, 0.05) is 57.0 Å². The van der Waals surface area contributed by atoms with E-state index in [1.54, 1.807) is 31.4 Å². The van der Waals surface area contributed by atoms with Gasteiger partial charge < -0.3 is 15.0 Å². The van der Waals surface area contributed by atoms with Crippen molar-refractivity contribution in [3.8, 4) is 0 Å². The third-order valence-electron chi connectivity index (χ3n) is 3.97. The van der Waals surface area contributed by atoms with E-state index >= 15 is 0 Å². The molecule has 0 aliphatic carbocycles. The zero-order chi connectivity index (χ0) is 17.4. The molecule has 132 valence electrons. The number of piperazine rings is 1. The number of carbonyl (C=O) groups excluding carboxylic acids is 2. The molecule has 0 unspecified atom stereocenters. The smallest absolute Gasteiger partial charge is 0.253 e. The second kappa shape index (κ2) is 9.61. The first-order valence-corrected chi connectivity index (χ1v) is 8.51. The van der Waals surface area contributed by atoms with Gasteiger partial charge in [0.25, 0.3) is 5.91 Å². The van der Waals surface area contributed by atoms with Crippen molar-refractivity contribution in [1.29, 1.82) is 0 Å². The van der Waals surface area contributed by atoms with Crippen LogP contribution in [-0.2, 0) is 9.53 Å². The normalized spacial score (nSPS) is 15.3. The molecule has 1 N–H and O–H groups in total. The summed E-state index contributed by atoms with van der Waals surface area (Å²) in [4.78, 5) is 28.2. The van der Waals surface area contributed by atoms with E-state index in [4.69, 9.17) is 16.3 Å². The lowest BCUT2D eigenvalue weighted by Crippen LogP contribution is -2.51. The van der Waals surface area contributed by atoms with Gasteiger partial charge >= 0.3 is 0 Å². The molecule has 1 saturated heterocycles. The fraction of sp³-hybridized carbons (Fsp3) is 0.529. The van der Waals surface area contributed by atoms with Crippen molar-refractivity contribution >= 4 is 23.4 Å². The molecule has 1 heterocycles. The van der Waals surface area contributed by atoms with Crippen molar-refractivity contribution in [1.82, 2.24) is 15.1 Å². The second-order valence-electron chi connectivity index (χ2n) is 5.77. The monoisotopic (exact) mass is 353 g/mol. The van der Waals surface area contributed by atoms with Crippen molar-refractivity contribution in [2.45, 2.75) is 6.42 Å². The van der Waals surface area contributed by atoms with Crippen molar-refractivity contribution in [3.05, 3.63) is 34.9 Å². The van der Waals surface area contributed by atoms with Gasteiger partial charge in [-0.3, -0.25) is 14.5 Å². The molecule has 2 rings (SSSR count). The van der Waals surface area contributed by atoms with Gasteiger partial charge in [0.15, 0.2) is 0 Å². The number of benzene rings is 1. The van der Waals surface area contributed by atoms with Crippen LogP contribution in [0.5, 0.6) is 0 Å². The molecule has 0 atom stereocenters. The van der Waals surface area contributed by atoms with E-state index in [1.807, 2.05) is 4.90 Å². The Morgan fingerprint density at radius 2 is 1.83 bits per heavy atom. The number of amides is 2. The number of methoxy groups -OCH3 is 1. The predicted molar refractivity (Wildman–Crippen MR) is 93.3 cm³/mol. The highest BCUT2D eigenvalue weighted by molar-refractivity contribution is 6.30. The highest BCUT2D eigenvalue weighted by atomic mass is 35.5. The molecular formula is C17H24ClN3O3. The van der Waals surface area contributed by atoms with Crippen LogP contribution in [0, 0.1) is 0 Å². The first-order valence-electron chi connectivity index (χ1n) is 8.13. The maximum Gasteiger partial charge on any atom is 0.253 e. The largest absolute Gasteiger partial charge is 0.385 e. The van der Waals surface area contributed by atoms with Crippen molar-refractivity contribution in [3.63, 3.8) is 0 Å². The van der Waals surface area contributed by atoms with Crippen molar-refractivity contribution in [2.75, 3.05) is 53.0 Å². The molecule has 6 nitrogen and oxygen atoms in total. The molecule has 1 fully saturated rings. The Hall–Kier alpha value is -1.63. The lowest BCUT2D eigenvalue weighted by atomic mass is 10.2. The number of hydrogen-bond donors (Lipinski definition) is 1. The minimum absolute atomic E-state index is 0.00957. The average molecular weight is 354 g/mol. The van der Waals surface area contributed by atoms with Crippen LogP contribution in [0.1, 0.15) is 16.8 Å². The van der Waals surface area contributed by atoms with Crippen LogP contribution in [0.2, 0.25) is 5.02 Å². The molecule has 0 bridgehead atoms. The van der Waals surface area contributed by atoms with Gasteiger partial charge in [-0.05, 0) is 30.7 Å². The molecule has 7 heteroatoms. The Kier molecular flexibility index (Phi) is 7.49. The average Bonchev–Trinajstić information content (AvgIpc) is 2.59. The van der Waals surface area contributed by atoms with Crippen LogP contribution < -0.4 is 5.32 Å². The van der Waals surface area contributed by atoms with Gasteiger partial charge in [-0.1, -0.05) is 11.6 Å². The minimum atomic E-state index is 0.00957. The van der Waals surface area contributed by atoms with Crippen LogP contribution in [0.3, 0.4) is 0 Å². The van der Waals surface area contributed by atoms with Crippen molar-refractivity contribution < 1.29 is 14.3 Å². The van der Waals surface area contributed by atoms with Gasteiger partial charge in [0.1, 0.15) is 0 Å². The number of carbonyl (C=O) groups is 2. The van der Waals surface area contributed by atoms with Gasteiger partial charge in [-0.25, -0.2) is 0 Å². The van der Waals surface area contributed by atoms with Crippen LogP contribution in [0.4, 0.5) is 0 Å². The summed E-state index contributed by atoms with van der Waals surface area (Å²) in [5.41, 5.74) is 0.642. The van der Waals surface area contributed by atoms with E-state index in [0.29, 0.717) is 56.5 Å². The van der Waals surface area contributed by atoms with Crippen molar-refractivity contribution in [2.24, 2.45) is 0 Å². The first-order chi connectivity index (χ1) is 11.6. The summed E-state index contributed by atoms with van der Waals surface area (Å²) in [5.74, 6) is 0.0268. The Bertz CT molecular complexity index is 543. The third kappa shape index (κ3) is 5.78. The summed E-state index contributed by atoms with van der Waals surface area (Å²) in [7, 11) is 1.65. The highest BCUT2D eigenvalue weighted by Crippen LogP contribution is 2.13. The Morgan fingerprint density at radius 3 is 2.46 bits per heavy atom. The van der Waals surface area contributed by atoms with E-state index in [-0.39, 0.29) is 11.8 Å². The standard InChI is InChI=1S/C17H24ClN3O3/c1-24-12-2-7-19-16(22)13-20-8-10-21(11-9-20)17(23)14-3-5-15(18)6-4-14/h3-6H,2,7-13H2,1H3,(H,19,22). The maximum absolute atomic E-state index is 12.4. The lowest BCUT2D eigenvalue weighted by molar-refractivity contribution is -0.122. The summed E-state index contributed by atoms with van der Waals surface area (Å²) in [5, 5.41) is 3.49. The summed E-state index contributed by atoms with van der Waals surface area (Å²) < 4.78 is 4.94. The number of nitrogens with zero attached hydrogens (tertiary/aromatic N) is 2. The topological polar surface area (TPSA) is 61.9 Å². The van der Waals surface area contributed by atoms with Crippen LogP contribution >= 0.6 is 11.6 Å². The lowest BCUT2D eigenvalue weighted by Gasteiger charge is -2.34. The van der Waals surface area contributed by atoms with E-state index in [0.717, 1.165) is 6.42 Å². The summed E-state index contributed by atoms with van der Waals surface area (Å²) in [6.07, 6.45) is 0.811. The van der Waals surface area contributed by atoms with Gasteiger partial charge in [-0.2, -0.15) is 0 Å². The molecule has 1 aromatic carbocycles. The number of halogens is 1. The predicted octanol–water partition coefficient (Wildman–Crippen LogP) is 1.25. The maximum atomic E-state index is 12.4. The Balaban J connectivity index is 1.72. The minimum Gasteiger partial charge on any atom is -0.385 e. The summed E-state index contributed by atoms with van der Waals surface area (Å²) in [6, 6.07) is 6.92. The summed E-state index contributed by atoms with van der Waals surface area (Å²) in [6.45, 7) is 4.29. The van der Waals surface area contributed by atoms with E-state index in [2.05, 4.69) is 10.2 Å². The van der Waals surface area contributed by atoms with Crippen LogP contribution in [0.15, 0.2) is 24.3 Å². The Morgan fingerprint density at radius 1 is 1.17 bits per heavy atom. The van der Waals surface area contributed by atoms with Gasteiger partial charge in [0.2, 0.25) is 5.91 Å². The first kappa shape index (κ1) is 18.7. The fourth-order valence-electron chi connectivity index (χ4n) is 2.59. The van der Waals surface area contributed by atoms with Crippen LogP contribution in [0.25, 0.3) is 0 Å². The number of ether oxygens (including phenoxy) is 1. The van der Waals surface area contributed by atoms with Crippen LogP contribution in [-0.4, -0.2) is 74.6 Å². The van der Waals surface area contributed by atoms with Gasteiger partial charge in [-0.15, -0.1) is 0 Å². The SMILES string of the molecule is COCCCNC(=O)CN1CCN(C(=O)c2ccc(Cl)cc2)CC1. The molecule has 1 aromatic rings. The molecule has 0 aromatic heterocycles. The zero-order valence-corrected chi connectivity index (χ0v) is 14.7. The second-order valence-corrected chi connectivity index (χ2v) is 6.21. The number of rotatable bonds is 7. The quantitative estimate of drug-likeness (QED) is 0.749.